The first-order valence-electron chi connectivity index (χ1n) is 24.0. The molecule has 0 saturated heterocycles. The fourth-order valence-electron chi connectivity index (χ4n) is 8.50. The van der Waals surface area contributed by atoms with Crippen LogP contribution in [-0.4, -0.2) is 94.3 Å². The molecule has 0 bridgehead atoms. The van der Waals surface area contributed by atoms with E-state index >= 15 is 0 Å². The highest BCUT2D eigenvalue weighted by molar-refractivity contribution is 7.98. The Morgan fingerprint density at radius 3 is 1.32 bits per heavy atom. The fraction of sp³-hybridized carbons (Fsp3) is 0.212. The van der Waals surface area contributed by atoms with E-state index in [1.54, 1.807) is 78.9 Å². The van der Waals surface area contributed by atoms with Crippen LogP contribution in [0.2, 0.25) is 0 Å². The Labute approximate surface area is 455 Å². The smallest absolute Gasteiger partial charge is 0.295 e. The minimum Gasteiger partial charge on any atom is -0.494 e. The van der Waals surface area contributed by atoms with Gasteiger partial charge in [0.25, 0.3) is 30.4 Å². The Bertz CT molecular complexity index is 3760. The molecule has 0 aliphatic rings. The van der Waals surface area contributed by atoms with Crippen molar-refractivity contribution in [3.8, 4) is 11.5 Å². The van der Waals surface area contributed by atoms with Gasteiger partial charge in [0.15, 0.2) is 5.16 Å². The second-order valence-corrected chi connectivity index (χ2v) is 22.1. The summed E-state index contributed by atoms with van der Waals surface area (Å²) in [6.45, 7) is 10.4. The standard InChI is InChI=1S/C52H53N11O11S4/c1-7-62(8-2)44-27-40(42(29-46(44)73-5)60-58-38-22-24-48(77(67,68)69)36-20-13-11-18-34(36)38)53-50-55-51(57-52(56-50)75-31-32-16-15-17-33(26-32)76(64,65)66)54-41-28-45(63(9-3)10-4)47(74-6)30-43(41)61-59-39-23-25-49(78(70,71)72)37-21-14-12-19-35(37)39/h11-30H,7-10,31H2,1-6H3,(H,64,65,66)(H,67,68,69)(H,70,71,72)(H2,53,54,55,56,57). The largest absolute Gasteiger partial charge is 0.494 e. The molecule has 0 unspecified atom stereocenters. The van der Waals surface area contributed by atoms with Gasteiger partial charge in [-0.15, -0.1) is 20.5 Å². The maximum Gasteiger partial charge on any atom is 0.295 e. The highest BCUT2D eigenvalue weighted by Crippen LogP contribution is 2.44. The Balaban J connectivity index is 1.28. The average Bonchev–Trinajstić information content (AvgIpc) is 3.46. The van der Waals surface area contributed by atoms with E-state index in [1.807, 2.05) is 27.7 Å². The molecule has 406 valence electrons. The first-order valence-corrected chi connectivity index (χ1v) is 29.3. The number of anilines is 6. The lowest BCUT2D eigenvalue weighted by Gasteiger charge is -2.25. The molecule has 0 radical (unpaired) electrons. The summed E-state index contributed by atoms with van der Waals surface area (Å²) in [7, 11) is -10.6. The minimum atomic E-state index is -4.58. The van der Waals surface area contributed by atoms with Crippen molar-refractivity contribution in [2.24, 2.45) is 20.5 Å². The van der Waals surface area contributed by atoms with Gasteiger partial charge >= 0.3 is 0 Å². The van der Waals surface area contributed by atoms with Crippen molar-refractivity contribution in [2.75, 3.05) is 60.8 Å². The van der Waals surface area contributed by atoms with Crippen molar-refractivity contribution in [3.05, 3.63) is 127 Å². The number of nitrogens with one attached hydrogen (secondary N) is 2. The molecule has 0 saturated carbocycles. The Morgan fingerprint density at radius 2 is 0.923 bits per heavy atom. The van der Waals surface area contributed by atoms with Crippen LogP contribution >= 0.6 is 11.8 Å². The van der Waals surface area contributed by atoms with Gasteiger partial charge in [-0.3, -0.25) is 13.7 Å². The molecule has 8 aromatic rings. The quantitative estimate of drug-likeness (QED) is 0.0239. The van der Waals surface area contributed by atoms with Crippen LogP contribution in [0.1, 0.15) is 33.3 Å². The molecule has 0 aliphatic heterocycles. The number of azo groups is 2. The van der Waals surface area contributed by atoms with Gasteiger partial charge in [-0.2, -0.15) is 40.2 Å². The van der Waals surface area contributed by atoms with Crippen LogP contribution in [0.5, 0.6) is 11.5 Å². The number of nitrogens with zero attached hydrogens (tertiary/aromatic N) is 9. The Kier molecular flexibility index (Phi) is 17.2. The molecule has 7 aromatic carbocycles. The van der Waals surface area contributed by atoms with E-state index in [1.165, 1.54) is 56.7 Å². The highest BCUT2D eigenvalue weighted by Gasteiger charge is 2.22. The van der Waals surface area contributed by atoms with E-state index in [0.717, 1.165) is 11.8 Å². The van der Waals surface area contributed by atoms with Crippen LogP contribution in [0.25, 0.3) is 21.5 Å². The van der Waals surface area contributed by atoms with Gasteiger partial charge in [0.05, 0.1) is 53.2 Å². The minimum absolute atomic E-state index is 0.00260. The lowest BCUT2D eigenvalue weighted by Crippen LogP contribution is -2.22. The van der Waals surface area contributed by atoms with Gasteiger partial charge in [0, 0.05) is 65.6 Å². The van der Waals surface area contributed by atoms with Crippen molar-refractivity contribution < 1.29 is 48.4 Å². The highest BCUT2D eigenvalue weighted by atomic mass is 32.2. The van der Waals surface area contributed by atoms with Crippen molar-refractivity contribution in [1.29, 1.82) is 0 Å². The predicted octanol–water partition coefficient (Wildman–Crippen LogP) is 12.2. The van der Waals surface area contributed by atoms with Gasteiger partial charge in [-0.25, -0.2) is 0 Å². The zero-order chi connectivity index (χ0) is 55.9. The second-order valence-electron chi connectivity index (χ2n) is 17.0. The molecule has 22 nitrogen and oxygen atoms in total. The SMILES string of the molecule is CCN(CC)c1cc(Nc2nc(Nc3cc(N(CC)CC)c(OC)cc3N=Nc3ccc(S(=O)(=O)O)c4ccccc34)nc(SCc3cccc(S(=O)(=O)O)c3)n2)c(N=Nc2ccc(S(=O)(=O)O)c3ccccc23)cc1OC. The van der Waals surface area contributed by atoms with Crippen LogP contribution in [-0.2, 0) is 36.1 Å². The van der Waals surface area contributed by atoms with Gasteiger partial charge < -0.3 is 29.9 Å². The van der Waals surface area contributed by atoms with E-state index in [0.29, 0.717) is 88.1 Å². The van der Waals surface area contributed by atoms with E-state index in [2.05, 4.69) is 40.9 Å². The molecular weight excluding hydrogens is 1080 g/mol. The zero-order valence-corrected chi connectivity index (χ0v) is 46.1. The van der Waals surface area contributed by atoms with Gasteiger partial charge in [-0.05, 0) is 81.8 Å². The summed E-state index contributed by atoms with van der Waals surface area (Å²) in [4.78, 5) is 17.7. The first kappa shape index (κ1) is 56.4. The van der Waals surface area contributed by atoms with Gasteiger partial charge in [0.1, 0.15) is 32.7 Å². The van der Waals surface area contributed by atoms with Gasteiger partial charge in [0.2, 0.25) is 11.9 Å². The van der Waals surface area contributed by atoms with E-state index < -0.39 is 30.4 Å². The number of benzene rings is 7. The Hall–Kier alpha value is -7.85. The second kappa shape index (κ2) is 23.8. The zero-order valence-electron chi connectivity index (χ0n) is 42.8. The summed E-state index contributed by atoms with van der Waals surface area (Å²) < 4.78 is 115. The lowest BCUT2D eigenvalue weighted by molar-refractivity contribution is 0.414. The molecule has 0 aliphatic carbocycles. The molecule has 26 heteroatoms. The fourth-order valence-corrected chi connectivity index (χ4v) is 11.2. The number of hydrogen-bond acceptors (Lipinski definition) is 20. The number of methoxy groups -OCH3 is 2. The molecule has 0 spiro atoms. The number of thioether (sulfide) groups is 1. The summed E-state index contributed by atoms with van der Waals surface area (Å²) in [5.41, 5.74) is 3.67. The summed E-state index contributed by atoms with van der Waals surface area (Å²) in [5, 5.41) is 26.5. The normalized spacial score (nSPS) is 12.2. The molecule has 1 heterocycles. The van der Waals surface area contributed by atoms with Crippen molar-refractivity contribution in [1.82, 2.24) is 15.0 Å². The molecule has 0 atom stereocenters. The number of aromatic nitrogens is 3. The van der Waals surface area contributed by atoms with Crippen LogP contribution in [0.3, 0.4) is 0 Å². The van der Waals surface area contributed by atoms with E-state index in [4.69, 9.17) is 24.4 Å². The third kappa shape index (κ3) is 12.8. The van der Waals surface area contributed by atoms with Crippen LogP contribution < -0.4 is 29.9 Å². The molecule has 1 aromatic heterocycles. The number of hydrogen-bond donors (Lipinski definition) is 5. The molecule has 8 rings (SSSR count). The third-order valence-corrected chi connectivity index (χ3v) is 15.9. The predicted molar refractivity (Wildman–Crippen MR) is 301 cm³/mol. The summed E-state index contributed by atoms with van der Waals surface area (Å²) in [6.07, 6.45) is 0. The summed E-state index contributed by atoms with van der Waals surface area (Å²) >= 11 is 1.14. The first-order chi connectivity index (χ1) is 37.3. The van der Waals surface area contributed by atoms with Crippen molar-refractivity contribution in [3.63, 3.8) is 0 Å². The number of ether oxygens (including phenoxy) is 2. The van der Waals surface area contributed by atoms with Crippen molar-refractivity contribution >= 4 is 121 Å². The van der Waals surface area contributed by atoms with Crippen LogP contribution in [0, 0.1) is 0 Å². The van der Waals surface area contributed by atoms with E-state index in [9.17, 15) is 38.9 Å². The topological polar surface area (TPSA) is 300 Å². The lowest BCUT2D eigenvalue weighted by atomic mass is 10.1. The maximum atomic E-state index is 12.3. The average molecular weight is 1140 g/mol. The summed E-state index contributed by atoms with van der Waals surface area (Å²) in [6, 6.07) is 31.2. The van der Waals surface area contributed by atoms with E-state index in [-0.39, 0.29) is 59.6 Å². The monoisotopic (exact) mass is 1140 g/mol. The van der Waals surface area contributed by atoms with Crippen molar-refractivity contribution in [2.45, 2.75) is 53.3 Å². The molecule has 5 N–H and O–H groups in total. The number of rotatable bonds is 22. The van der Waals surface area contributed by atoms with Gasteiger partial charge in [-0.1, -0.05) is 72.4 Å². The number of fused-ring (bicyclic) bond motifs is 2. The third-order valence-electron chi connectivity index (χ3n) is 12.3. The van der Waals surface area contributed by atoms with Crippen LogP contribution in [0.15, 0.2) is 162 Å². The molecule has 0 fully saturated rings. The molecular formula is C52H53N11O11S4. The molecule has 0 amide bonds. The maximum absolute atomic E-state index is 12.3. The van der Waals surface area contributed by atoms with Crippen LogP contribution in [0.4, 0.5) is 57.4 Å². The Morgan fingerprint density at radius 1 is 0.500 bits per heavy atom. The molecule has 78 heavy (non-hydrogen) atoms. The summed E-state index contributed by atoms with van der Waals surface area (Å²) in [5.74, 6) is 1.06.